The first-order valence-electron chi connectivity index (χ1n) is 6.52. The summed E-state index contributed by atoms with van der Waals surface area (Å²) in [6, 6.07) is 13.9. The summed E-state index contributed by atoms with van der Waals surface area (Å²) >= 11 is 0. The molecule has 0 unspecified atom stereocenters. The van der Waals surface area contributed by atoms with Gasteiger partial charge in [0.25, 0.3) is 0 Å². The molecule has 0 fully saturated rings. The number of phenolic OH excluding ortho intramolecular Hbond substituents is 1. The first kappa shape index (κ1) is 11.9. The molecule has 1 N–H and O–H groups in total. The summed E-state index contributed by atoms with van der Waals surface area (Å²) < 4.78 is 0. The Kier molecular flexibility index (Phi) is 2.82. The van der Waals surface area contributed by atoms with Crippen LogP contribution in [0.3, 0.4) is 0 Å². The highest BCUT2D eigenvalue weighted by atomic mass is 16.3. The van der Waals surface area contributed by atoms with Gasteiger partial charge in [0.1, 0.15) is 5.75 Å². The second-order valence-electron chi connectivity index (χ2n) is 5.06. The molecule has 3 heteroatoms. The molecule has 0 atom stereocenters. The number of rotatable bonds is 2. The van der Waals surface area contributed by atoms with E-state index in [0.717, 1.165) is 18.7 Å². The summed E-state index contributed by atoms with van der Waals surface area (Å²) in [5.74, 6) is 0.299. The van der Waals surface area contributed by atoms with Gasteiger partial charge in [0.05, 0.1) is 0 Å². The predicted octanol–water partition coefficient (Wildman–Crippen LogP) is 3.15. The summed E-state index contributed by atoms with van der Waals surface area (Å²) in [6.07, 6.45) is 1.11. The van der Waals surface area contributed by atoms with Crippen molar-refractivity contribution in [3.05, 3.63) is 48.0 Å². The minimum Gasteiger partial charge on any atom is -0.508 e. The summed E-state index contributed by atoms with van der Waals surface area (Å²) in [4.78, 5) is 4.43. The molecule has 0 amide bonds. The standard InChI is InChI=1S/C16H18N2O/c1-17-10-9-12-11-14(5-8-16(12)17)18(2)13-3-6-15(19)7-4-13/h3-8,11,19H,9-10H2,1-2H3. The second kappa shape index (κ2) is 4.50. The van der Waals surface area contributed by atoms with Crippen molar-refractivity contribution in [1.82, 2.24) is 0 Å². The molecule has 0 bridgehead atoms. The van der Waals surface area contributed by atoms with Crippen LogP contribution in [0, 0.1) is 0 Å². The van der Waals surface area contributed by atoms with E-state index in [1.807, 2.05) is 19.2 Å². The highest BCUT2D eigenvalue weighted by Gasteiger charge is 2.16. The van der Waals surface area contributed by atoms with E-state index in [9.17, 15) is 5.11 Å². The lowest BCUT2D eigenvalue weighted by molar-refractivity contribution is 0.475. The normalized spacial score (nSPS) is 13.5. The zero-order valence-electron chi connectivity index (χ0n) is 11.3. The number of anilines is 3. The fourth-order valence-corrected chi connectivity index (χ4v) is 2.59. The monoisotopic (exact) mass is 254 g/mol. The average molecular weight is 254 g/mol. The highest BCUT2D eigenvalue weighted by Crippen LogP contribution is 2.32. The Morgan fingerprint density at radius 2 is 1.74 bits per heavy atom. The molecule has 0 saturated carbocycles. The molecule has 98 valence electrons. The van der Waals surface area contributed by atoms with E-state index in [-0.39, 0.29) is 0 Å². The summed E-state index contributed by atoms with van der Waals surface area (Å²) in [5, 5.41) is 9.34. The van der Waals surface area contributed by atoms with Crippen LogP contribution < -0.4 is 9.80 Å². The molecule has 0 aromatic heterocycles. The van der Waals surface area contributed by atoms with E-state index in [0.29, 0.717) is 5.75 Å². The molecule has 1 aliphatic rings. The molecule has 3 nitrogen and oxygen atoms in total. The highest BCUT2D eigenvalue weighted by molar-refractivity contribution is 5.69. The van der Waals surface area contributed by atoms with Crippen LogP contribution in [0.15, 0.2) is 42.5 Å². The van der Waals surface area contributed by atoms with Gasteiger partial charge in [-0.15, -0.1) is 0 Å². The van der Waals surface area contributed by atoms with Gasteiger partial charge in [0.15, 0.2) is 0 Å². The summed E-state index contributed by atoms with van der Waals surface area (Å²) in [7, 11) is 4.18. The third-order valence-corrected chi connectivity index (χ3v) is 3.82. The minimum atomic E-state index is 0.299. The maximum atomic E-state index is 9.34. The fraction of sp³-hybridized carbons (Fsp3) is 0.250. The number of likely N-dealkylation sites (N-methyl/N-ethyl adjacent to an activating group) is 1. The average Bonchev–Trinajstić information content (AvgIpc) is 2.80. The van der Waals surface area contributed by atoms with Crippen molar-refractivity contribution >= 4 is 17.1 Å². The molecule has 1 aliphatic heterocycles. The SMILES string of the molecule is CN1CCc2cc(N(C)c3ccc(O)cc3)ccc21. The van der Waals surface area contributed by atoms with Crippen molar-refractivity contribution in [3.8, 4) is 5.75 Å². The molecule has 19 heavy (non-hydrogen) atoms. The third kappa shape index (κ3) is 2.12. The first-order chi connectivity index (χ1) is 9.15. The van der Waals surface area contributed by atoms with Crippen LogP contribution in [0.4, 0.5) is 17.1 Å². The van der Waals surface area contributed by atoms with Gasteiger partial charge < -0.3 is 14.9 Å². The molecule has 2 aromatic rings. The predicted molar refractivity (Wildman–Crippen MR) is 79.6 cm³/mol. The third-order valence-electron chi connectivity index (χ3n) is 3.82. The van der Waals surface area contributed by atoms with Crippen LogP contribution in [-0.2, 0) is 6.42 Å². The second-order valence-corrected chi connectivity index (χ2v) is 5.06. The Labute approximate surface area is 113 Å². The van der Waals surface area contributed by atoms with Crippen molar-refractivity contribution < 1.29 is 5.11 Å². The van der Waals surface area contributed by atoms with E-state index in [1.54, 1.807) is 12.1 Å². The topological polar surface area (TPSA) is 26.7 Å². The van der Waals surface area contributed by atoms with Crippen molar-refractivity contribution in [2.75, 3.05) is 30.4 Å². The Bertz CT molecular complexity index is 592. The molecule has 0 aliphatic carbocycles. The lowest BCUT2D eigenvalue weighted by Gasteiger charge is -2.21. The first-order valence-corrected chi connectivity index (χ1v) is 6.52. The van der Waals surface area contributed by atoms with Gasteiger partial charge in [-0.1, -0.05) is 0 Å². The lowest BCUT2D eigenvalue weighted by Crippen LogP contribution is -2.12. The maximum absolute atomic E-state index is 9.34. The van der Waals surface area contributed by atoms with E-state index in [4.69, 9.17) is 0 Å². The fourth-order valence-electron chi connectivity index (χ4n) is 2.59. The molecule has 0 radical (unpaired) electrons. The van der Waals surface area contributed by atoms with Crippen molar-refractivity contribution in [3.63, 3.8) is 0 Å². The van der Waals surface area contributed by atoms with Crippen LogP contribution in [0.25, 0.3) is 0 Å². The van der Waals surface area contributed by atoms with E-state index < -0.39 is 0 Å². The van der Waals surface area contributed by atoms with Gasteiger partial charge in [0, 0.05) is 37.7 Å². The number of fused-ring (bicyclic) bond motifs is 1. The van der Waals surface area contributed by atoms with Gasteiger partial charge in [-0.05, 0) is 54.4 Å². The van der Waals surface area contributed by atoms with E-state index in [1.165, 1.54) is 16.9 Å². The summed E-state index contributed by atoms with van der Waals surface area (Å²) in [6.45, 7) is 1.10. The quantitative estimate of drug-likeness (QED) is 0.891. The molecular formula is C16H18N2O. The zero-order chi connectivity index (χ0) is 13.4. The lowest BCUT2D eigenvalue weighted by atomic mass is 10.1. The van der Waals surface area contributed by atoms with Gasteiger partial charge in [-0.2, -0.15) is 0 Å². The number of hydrogen-bond acceptors (Lipinski definition) is 3. The Balaban J connectivity index is 1.92. The van der Waals surface area contributed by atoms with Gasteiger partial charge in [0.2, 0.25) is 0 Å². The molecule has 0 spiro atoms. The van der Waals surface area contributed by atoms with Crippen LogP contribution in [0.2, 0.25) is 0 Å². The molecular weight excluding hydrogens is 236 g/mol. The van der Waals surface area contributed by atoms with Crippen LogP contribution in [0.5, 0.6) is 5.75 Å². The van der Waals surface area contributed by atoms with Crippen LogP contribution in [0.1, 0.15) is 5.56 Å². The number of phenols is 1. The van der Waals surface area contributed by atoms with Crippen molar-refractivity contribution in [2.24, 2.45) is 0 Å². The van der Waals surface area contributed by atoms with Gasteiger partial charge in [-0.25, -0.2) is 0 Å². The van der Waals surface area contributed by atoms with Gasteiger partial charge >= 0.3 is 0 Å². The van der Waals surface area contributed by atoms with Gasteiger partial charge in [-0.3, -0.25) is 0 Å². The zero-order valence-corrected chi connectivity index (χ0v) is 11.3. The molecule has 1 heterocycles. The maximum Gasteiger partial charge on any atom is 0.115 e. The molecule has 0 saturated heterocycles. The molecule has 2 aromatic carbocycles. The summed E-state index contributed by atoms with van der Waals surface area (Å²) in [5.41, 5.74) is 5.00. The number of nitrogens with zero attached hydrogens (tertiary/aromatic N) is 2. The smallest absolute Gasteiger partial charge is 0.115 e. The number of aromatic hydroxyl groups is 1. The van der Waals surface area contributed by atoms with E-state index >= 15 is 0 Å². The Morgan fingerprint density at radius 1 is 1.05 bits per heavy atom. The number of hydrogen-bond donors (Lipinski definition) is 1. The minimum absolute atomic E-state index is 0.299. The Hall–Kier alpha value is -2.16. The van der Waals surface area contributed by atoms with Crippen molar-refractivity contribution in [1.29, 1.82) is 0 Å². The Morgan fingerprint density at radius 3 is 2.47 bits per heavy atom. The molecule has 3 rings (SSSR count). The number of benzene rings is 2. The largest absolute Gasteiger partial charge is 0.508 e. The van der Waals surface area contributed by atoms with Crippen molar-refractivity contribution in [2.45, 2.75) is 6.42 Å². The van der Waals surface area contributed by atoms with E-state index in [2.05, 4.69) is 35.0 Å². The van der Waals surface area contributed by atoms with Crippen LogP contribution >= 0.6 is 0 Å². The van der Waals surface area contributed by atoms with Crippen LogP contribution in [-0.4, -0.2) is 25.7 Å².